The SMILES string of the molecule is Oc1ccc(C[C@H]2CNCCN2CCc2ccccc2)cc1. The molecule has 1 aliphatic heterocycles. The number of rotatable bonds is 5. The smallest absolute Gasteiger partial charge is 0.115 e. The van der Waals surface area contributed by atoms with E-state index in [1.54, 1.807) is 12.1 Å². The van der Waals surface area contributed by atoms with Gasteiger partial charge in [0.2, 0.25) is 0 Å². The number of nitrogens with one attached hydrogen (secondary N) is 1. The highest BCUT2D eigenvalue weighted by atomic mass is 16.3. The fourth-order valence-electron chi connectivity index (χ4n) is 3.12. The predicted molar refractivity (Wildman–Crippen MR) is 90.2 cm³/mol. The molecule has 0 saturated carbocycles. The largest absolute Gasteiger partial charge is 0.508 e. The number of phenols is 1. The maximum Gasteiger partial charge on any atom is 0.115 e. The van der Waals surface area contributed by atoms with Gasteiger partial charge < -0.3 is 10.4 Å². The van der Waals surface area contributed by atoms with Crippen LogP contribution in [0.5, 0.6) is 5.75 Å². The van der Waals surface area contributed by atoms with Crippen LogP contribution in [0.3, 0.4) is 0 Å². The zero-order valence-electron chi connectivity index (χ0n) is 12.9. The van der Waals surface area contributed by atoms with Gasteiger partial charge in [-0.1, -0.05) is 42.5 Å². The van der Waals surface area contributed by atoms with Crippen molar-refractivity contribution in [3.63, 3.8) is 0 Å². The Morgan fingerprint density at radius 3 is 2.55 bits per heavy atom. The third-order valence-electron chi connectivity index (χ3n) is 4.41. The van der Waals surface area contributed by atoms with Crippen LogP contribution < -0.4 is 5.32 Å². The lowest BCUT2D eigenvalue weighted by Gasteiger charge is -2.36. The van der Waals surface area contributed by atoms with Crippen molar-refractivity contribution in [2.45, 2.75) is 18.9 Å². The number of nitrogens with zero attached hydrogens (tertiary/aromatic N) is 1. The highest BCUT2D eigenvalue weighted by Gasteiger charge is 2.21. The van der Waals surface area contributed by atoms with Crippen LogP contribution in [0.4, 0.5) is 0 Å². The molecule has 1 saturated heterocycles. The summed E-state index contributed by atoms with van der Waals surface area (Å²) < 4.78 is 0. The van der Waals surface area contributed by atoms with Crippen molar-refractivity contribution >= 4 is 0 Å². The maximum absolute atomic E-state index is 9.40. The molecule has 2 aromatic rings. The molecule has 3 rings (SSSR count). The van der Waals surface area contributed by atoms with Gasteiger partial charge in [-0.25, -0.2) is 0 Å². The summed E-state index contributed by atoms with van der Waals surface area (Å²) in [6.07, 6.45) is 2.13. The molecule has 0 amide bonds. The van der Waals surface area contributed by atoms with E-state index in [1.807, 2.05) is 12.1 Å². The van der Waals surface area contributed by atoms with E-state index in [4.69, 9.17) is 0 Å². The van der Waals surface area contributed by atoms with Gasteiger partial charge in [0.05, 0.1) is 0 Å². The molecule has 2 aromatic carbocycles. The van der Waals surface area contributed by atoms with Crippen LogP contribution in [0.1, 0.15) is 11.1 Å². The molecule has 116 valence electrons. The fraction of sp³-hybridized carbons (Fsp3) is 0.368. The van der Waals surface area contributed by atoms with Gasteiger partial charge in [0.1, 0.15) is 5.75 Å². The Bertz CT molecular complexity index is 568. The van der Waals surface area contributed by atoms with Crippen LogP contribution in [0.2, 0.25) is 0 Å². The monoisotopic (exact) mass is 296 g/mol. The lowest BCUT2D eigenvalue weighted by molar-refractivity contribution is 0.162. The molecule has 3 nitrogen and oxygen atoms in total. The Hall–Kier alpha value is -1.84. The average Bonchev–Trinajstić information content (AvgIpc) is 2.57. The highest BCUT2D eigenvalue weighted by Crippen LogP contribution is 2.15. The number of hydrogen-bond acceptors (Lipinski definition) is 3. The lowest BCUT2D eigenvalue weighted by Crippen LogP contribution is -2.52. The van der Waals surface area contributed by atoms with E-state index < -0.39 is 0 Å². The van der Waals surface area contributed by atoms with Gasteiger partial charge in [0, 0.05) is 32.2 Å². The standard InChI is InChI=1S/C19H24N2O/c22-19-8-6-17(7-9-19)14-18-15-20-11-13-21(18)12-10-16-4-2-1-3-5-16/h1-9,18,20,22H,10-15H2/t18-/m0/s1. The second-order valence-corrected chi connectivity index (χ2v) is 6.00. The van der Waals surface area contributed by atoms with Gasteiger partial charge in [-0.05, 0) is 36.1 Å². The first-order chi connectivity index (χ1) is 10.8. The van der Waals surface area contributed by atoms with Crippen LogP contribution in [-0.2, 0) is 12.8 Å². The van der Waals surface area contributed by atoms with Crippen molar-refractivity contribution in [2.75, 3.05) is 26.2 Å². The normalized spacial score (nSPS) is 19.2. The highest BCUT2D eigenvalue weighted by molar-refractivity contribution is 5.26. The molecule has 1 fully saturated rings. The molecule has 1 aliphatic rings. The predicted octanol–water partition coefficient (Wildman–Crippen LogP) is 2.45. The summed E-state index contributed by atoms with van der Waals surface area (Å²) in [6, 6.07) is 18.8. The summed E-state index contributed by atoms with van der Waals surface area (Å²) in [5.74, 6) is 0.339. The molecule has 1 heterocycles. The minimum atomic E-state index is 0.339. The molecule has 0 unspecified atom stereocenters. The minimum Gasteiger partial charge on any atom is -0.508 e. The van der Waals surface area contributed by atoms with Crippen LogP contribution in [0, 0.1) is 0 Å². The Kier molecular flexibility index (Phi) is 5.09. The van der Waals surface area contributed by atoms with Gasteiger partial charge in [-0.15, -0.1) is 0 Å². The van der Waals surface area contributed by atoms with Crippen molar-refractivity contribution in [1.29, 1.82) is 0 Å². The van der Waals surface area contributed by atoms with Gasteiger partial charge in [0.15, 0.2) is 0 Å². The Morgan fingerprint density at radius 1 is 1.00 bits per heavy atom. The van der Waals surface area contributed by atoms with Crippen LogP contribution in [0.25, 0.3) is 0 Å². The van der Waals surface area contributed by atoms with E-state index in [9.17, 15) is 5.11 Å². The maximum atomic E-state index is 9.40. The first kappa shape index (κ1) is 15.1. The molecule has 0 aromatic heterocycles. The first-order valence-electron chi connectivity index (χ1n) is 8.08. The molecular weight excluding hydrogens is 272 g/mol. The Labute approximate surface area is 132 Å². The average molecular weight is 296 g/mol. The van der Waals surface area contributed by atoms with Crippen LogP contribution in [0.15, 0.2) is 54.6 Å². The van der Waals surface area contributed by atoms with E-state index in [-0.39, 0.29) is 0 Å². The lowest BCUT2D eigenvalue weighted by atomic mass is 10.0. The van der Waals surface area contributed by atoms with Gasteiger partial charge in [-0.3, -0.25) is 4.90 Å². The Morgan fingerprint density at radius 2 is 1.77 bits per heavy atom. The fourth-order valence-corrected chi connectivity index (χ4v) is 3.12. The molecule has 0 spiro atoms. The van der Waals surface area contributed by atoms with Gasteiger partial charge in [-0.2, -0.15) is 0 Å². The van der Waals surface area contributed by atoms with E-state index in [0.717, 1.165) is 39.0 Å². The summed E-state index contributed by atoms with van der Waals surface area (Å²) in [6.45, 7) is 4.32. The third kappa shape index (κ3) is 4.09. The van der Waals surface area contributed by atoms with Gasteiger partial charge in [0.25, 0.3) is 0 Å². The molecule has 0 aliphatic carbocycles. The van der Waals surface area contributed by atoms with Crippen LogP contribution in [-0.4, -0.2) is 42.2 Å². The van der Waals surface area contributed by atoms with Crippen molar-refractivity contribution in [2.24, 2.45) is 0 Å². The summed E-state index contributed by atoms with van der Waals surface area (Å²) in [7, 11) is 0. The number of aromatic hydroxyl groups is 1. The quantitative estimate of drug-likeness (QED) is 0.889. The molecule has 1 atom stereocenters. The summed E-state index contributed by atoms with van der Waals surface area (Å²) >= 11 is 0. The summed E-state index contributed by atoms with van der Waals surface area (Å²) in [5, 5.41) is 12.9. The van der Waals surface area contributed by atoms with Crippen molar-refractivity contribution in [1.82, 2.24) is 10.2 Å². The molecule has 0 bridgehead atoms. The van der Waals surface area contributed by atoms with E-state index in [1.165, 1.54) is 11.1 Å². The second-order valence-electron chi connectivity index (χ2n) is 6.00. The zero-order chi connectivity index (χ0) is 15.2. The van der Waals surface area contributed by atoms with E-state index in [0.29, 0.717) is 11.8 Å². The van der Waals surface area contributed by atoms with Crippen molar-refractivity contribution < 1.29 is 5.11 Å². The summed E-state index contributed by atoms with van der Waals surface area (Å²) in [4.78, 5) is 2.59. The third-order valence-corrected chi connectivity index (χ3v) is 4.41. The van der Waals surface area contributed by atoms with Crippen molar-refractivity contribution in [3.05, 3.63) is 65.7 Å². The number of benzene rings is 2. The van der Waals surface area contributed by atoms with Crippen LogP contribution >= 0.6 is 0 Å². The molecule has 2 N–H and O–H groups in total. The Balaban J connectivity index is 1.59. The number of hydrogen-bond donors (Lipinski definition) is 2. The van der Waals surface area contributed by atoms with E-state index in [2.05, 4.69) is 40.5 Å². The van der Waals surface area contributed by atoms with Gasteiger partial charge >= 0.3 is 0 Å². The summed E-state index contributed by atoms with van der Waals surface area (Å²) in [5.41, 5.74) is 2.70. The first-order valence-corrected chi connectivity index (χ1v) is 8.08. The number of piperazine rings is 1. The molecule has 22 heavy (non-hydrogen) atoms. The second kappa shape index (κ2) is 7.43. The van der Waals surface area contributed by atoms with E-state index >= 15 is 0 Å². The molecular formula is C19H24N2O. The minimum absolute atomic E-state index is 0.339. The number of phenolic OH excluding ortho intramolecular Hbond substituents is 1. The topological polar surface area (TPSA) is 35.5 Å². The zero-order valence-corrected chi connectivity index (χ0v) is 12.9. The molecule has 3 heteroatoms. The molecule has 0 radical (unpaired) electrons. The van der Waals surface area contributed by atoms with Crippen molar-refractivity contribution in [3.8, 4) is 5.75 Å².